The summed E-state index contributed by atoms with van der Waals surface area (Å²) in [5, 5.41) is 9.03. The zero-order chi connectivity index (χ0) is 20.7. The molecule has 154 valence electrons. The molecule has 0 saturated heterocycles. The summed E-state index contributed by atoms with van der Waals surface area (Å²) in [5.74, 6) is -2.07. The van der Waals surface area contributed by atoms with Crippen LogP contribution in [0.2, 0.25) is 18.1 Å². The molecule has 0 amide bonds. The first-order chi connectivity index (χ1) is 12.9. The molecule has 0 aromatic rings. The van der Waals surface area contributed by atoms with Gasteiger partial charge in [-0.1, -0.05) is 52.7 Å². The fourth-order valence-electron chi connectivity index (χ4n) is 3.12. The fraction of sp³-hybridized carbons (Fsp3) is 0.750. The van der Waals surface area contributed by atoms with Gasteiger partial charge in [-0.05, 0) is 43.8 Å². The standard InChI is InChI=1S/C20H36N2O4Si/c1-5-9-10-11-12-13-14-15-17(26-27(6-2,7-3)8-4)16-18(23)19(22-21)20(24)25/h12-13,17,21H,5-11,14-16H2,1-4H3/p+1. The van der Waals surface area contributed by atoms with Crippen LogP contribution in [0.15, 0.2) is 12.2 Å². The molecule has 0 spiro atoms. The van der Waals surface area contributed by atoms with Crippen molar-refractivity contribution in [3.05, 3.63) is 12.2 Å². The zero-order valence-corrected chi connectivity index (χ0v) is 18.4. The number of rotatable bonds is 16. The number of nitrogens with one attached hydrogen (secondary N) is 1. The smallest absolute Gasteiger partial charge is 0.472 e. The lowest BCUT2D eigenvalue weighted by Gasteiger charge is -2.32. The molecular weight excluding hydrogens is 360 g/mol. The van der Waals surface area contributed by atoms with Crippen molar-refractivity contribution in [3.63, 3.8) is 0 Å². The van der Waals surface area contributed by atoms with Crippen LogP contribution in [0.5, 0.6) is 0 Å². The average Bonchev–Trinajstić information content (AvgIpc) is 2.65. The lowest BCUT2D eigenvalue weighted by Crippen LogP contribution is -2.41. The second kappa shape index (κ2) is 14.5. The number of hydrogen-bond donors (Lipinski definition) is 2. The van der Waals surface area contributed by atoms with Crippen molar-refractivity contribution >= 4 is 25.8 Å². The molecule has 27 heavy (non-hydrogen) atoms. The molecule has 0 bridgehead atoms. The highest BCUT2D eigenvalue weighted by atomic mass is 28.4. The SMILES string of the molecule is CCCCCC=CCCC(CC(=O)C(=[N+]=N)C(=O)O)O[Si](CC)(CC)CC. The number of carbonyl (C=O) groups excluding carboxylic acids is 1. The number of allylic oxidation sites excluding steroid dienone is 2. The predicted molar refractivity (Wildman–Crippen MR) is 110 cm³/mol. The summed E-state index contributed by atoms with van der Waals surface area (Å²) >= 11 is 0. The van der Waals surface area contributed by atoms with Crippen LogP contribution in [0, 0.1) is 5.53 Å². The Morgan fingerprint density at radius 2 is 1.67 bits per heavy atom. The van der Waals surface area contributed by atoms with Crippen LogP contribution >= 0.6 is 0 Å². The summed E-state index contributed by atoms with van der Waals surface area (Å²) in [4.78, 5) is 26.2. The summed E-state index contributed by atoms with van der Waals surface area (Å²) in [5.41, 5.74) is 6.23. The van der Waals surface area contributed by atoms with Crippen molar-refractivity contribution in [2.24, 2.45) is 0 Å². The molecule has 0 aliphatic rings. The van der Waals surface area contributed by atoms with E-state index in [1.54, 1.807) is 0 Å². The van der Waals surface area contributed by atoms with E-state index >= 15 is 0 Å². The summed E-state index contributed by atoms with van der Waals surface area (Å²) in [6.07, 6.45) is 10.1. The maximum Gasteiger partial charge on any atom is 0.490 e. The number of carboxylic acid groups (broad SMARTS) is 1. The first kappa shape index (κ1) is 25.4. The Morgan fingerprint density at radius 1 is 1.07 bits per heavy atom. The minimum absolute atomic E-state index is 0.0254. The first-order valence-electron chi connectivity index (χ1n) is 10.2. The average molecular weight is 398 g/mol. The molecule has 0 aromatic heterocycles. The number of unbranched alkanes of at least 4 members (excludes halogenated alkanes) is 3. The summed E-state index contributed by atoms with van der Waals surface area (Å²) in [6, 6.07) is 2.90. The lowest BCUT2D eigenvalue weighted by molar-refractivity contribution is -0.153. The molecule has 0 heterocycles. The predicted octanol–water partition coefficient (Wildman–Crippen LogP) is 5.02. The van der Waals surface area contributed by atoms with Crippen LogP contribution in [0.3, 0.4) is 0 Å². The van der Waals surface area contributed by atoms with E-state index in [4.69, 9.17) is 15.1 Å². The number of Topliss-reactive ketones (excluding diaryl/α,β-unsaturated/α-hetero) is 1. The minimum atomic E-state index is -1.92. The van der Waals surface area contributed by atoms with E-state index in [1.807, 2.05) is 0 Å². The third-order valence-electron chi connectivity index (χ3n) is 5.14. The highest BCUT2D eigenvalue weighted by Gasteiger charge is 2.37. The Labute approximate surface area is 164 Å². The number of carbonyl (C=O) groups is 2. The molecule has 0 aliphatic carbocycles. The lowest BCUT2D eigenvalue weighted by atomic mass is 10.0. The van der Waals surface area contributed by atoms with Gasteiger partial charge in [-0.3, -0.25) is 4.79 Å². The van der Waals surface area contributed by atoms with Gasteiger partial charge in [0.2, 0.25) is 0 Å². The number of carboxylic acids is 1. The summed E-state index contributed by atoms with van der Waals surface area (Å²) in [6.45, 7) is 8.55. The van der Waals surface area contributed by atoms with Crippen molar-refractivity contribution in [1.29, 1.82) is 5.53 Å². The van der Waals surface area contributed by atoms with Gasteiger partial charge in [0.05, 0.1) is 16.4 Å². The monoisotopic (exact) mass is 397 g/mol. The molecule has 0 radical (unpaired) electrons. The van der Waals surface area contributed by atoms with Crippen LogP contribution < -0.4 is 0 Å². The minimum Gasteiger partial charge on any atom is -0.472 e. The van der Waals surface area contributed by atoms with Gasteiger partial charge in [0.25, 0.3) is 5.78 Å². The topological polar surface area (TPSA) is 102 Å². The van der Waals surface area contributed by atoms with Gasteiger partial charge in [0.1, 0.15) is 0 Å². The number of hydrogen-bond acceptors (Lipinski definition) is 4. The maximum atomic E-state index is 12.3. The van der Waals surface area contributed by atoms with Gasteiger partial charge in [-0.25, -0.2) is 4.79 Å². The number of nitrogens with zero attached hydrogens (tertiary/aromatic N) is 1. The largest absolute Gasteiger partial charge is 0.490 e. The van der Waals surface area contributed by atoms with E-state index in [0.717, 1.165) is 31.0 Å². The van der Waals surface area contributed by atoms with E-state index in [0.29, 0.717) is 6.42 Å². The van der Waals surface area contributed by atoms with Gasteiger partial charge in [0, 0.05) is 6.42 Å². The van der Waals surface area contributed by atoms with E-state index < -0.39 is 25.8 Å². The summed E-state index contributed by atoms with van der Waals surface area (Å²) in [7, 11) is -1.92. The first-order valence-corrected chi connectivity index (χ1v) is 12.8. The van der Waals surface area contributed by atoms with E-state index in [9.17, 15) is 9.59 Å². The molecule has 1 atom stereocenters. The molecule has 0 rings (SSSR count). The van der Waals surface area contributed by atoms with E-state index in [2.05, 4.69) is 44.6 Å². The van der Waals surface area contributed by atoms with Crippen LogP contribution in [-0.4, -0.2) is 41.8 Å². The quantitative estimate of drug-likeness (QED) is 0.0726. The van der Waals surface area contributed by atoms with Crippen LogP contribution in [0.4, 0.5) is 0 Å². The highest BCUT2D eigenvalue weighted by molar-refractivity contribution is 6.73. The molecular formula is C20H37N2O4Si+. The van der Waals surface area contributed by atoms with Crippen LogP contribution in [0.25, 0.3) is 0 Å². The Bertz CT molecular complexity index is 530. The molecule has 2 N–H and O–H groups in total. The number of aliphatic carboxylic acids is 1. The maximum absolute atomic E-state index is 12.3. The Kier molecular flexibility index (Phi) is 13.7. The third-order valence-corrected chi connectivity index (χ3v) is 9.84. The van der Waals surface area contributed by atoms with E-state index in [1.165, 1.54) is 19.3 Å². The Morgan fingerprint density at radius 3 is 2.15 bits per heavy atom. The molecule has 0 aromatic carbocycles. The third kappa shape index (κ3) is 9.80. The van der Waals surface area contributed by atoms with Gasteiger partial charge in [-0.2, -0.15) is 0 Å². The molecule has 1 unspecified atom stereocenters. The Balaban J connectivity index is 5.02. The number of ketones is 1. The van der Waals surface area contributed by atoms with Crippen LogP contribution in [-0.2, 0) is 14.0 Å². The Hall–Kier alpha value is -1.56. The molecule has 0 fully saturated rings. The molecule has 0 saturated carbocycles. The highest BCUT2D eigenvalue weighted by Crippen LogP contribution is 2.26. The van der Waals surface area contributed by atoms with Crippen molar-refractivity contribution < 1.29 is 23.9 Å². The van der Waals surface area contributed by atoms with Gasteiger partial charge in [-0.15, -0.1) is 0 Å². The molecule has 7 heteroatoms. The fourth-order valence-corrected chi connectivity index (χ4v) is 6.03. The van der Waals surface area contributed by atoms with Gasteiger partial charge in [0.15, 0.2) is 8.32 Å². The normalized spacial score (nSPS) is 12.7. The van der Waals surface area contributed by atoms with Crippen molar-refractivity contribution in [3.8, 4) is 0 Å². The van der Waals surface area contributed by atoms with E-state index in [-0.39, 0.29) is 12.5 Å². The zero-order valence-electron chi connectivity index (χ0n) is 17.4. The van der Waals surface area contributed by atoms with Crippen molar-refractivity contribution in [2.45, 2.75) is 96.9 Å². The molecule has 0 aliphatic heterocycles. The second-order valence-electron chi connectivity index (χ2n) is 6.92. The van der Waals surface area contributed by atoms with Crippen molar-refractivity contribution in [1.82, 2.24) is 0 Å². The summed E-state index contributed by atoms with van der Waals surface area (Å²) < 4.78 is 6.45. The van der Waals surface area contributed by atoms with Gasteiger partial charge < -0.3 is 9.53 Å². The second-order valence-corrected chi connectivity index (χ2v) is 11.6. The van der Waals surface area contributed by atoms with Crippen molar-refractivity contribution in [2.75, 3.05) is 0 Å². The van der Waals surface area contributed by atoms with Crippen LogP contribution in [0.1, 0.15) is 72.6 Å². The molecule has 6 nitrogen and oxygen atoms in total. The van der Waals surface area contributed by atoms with Gasteiger partial charge >= 0.3 is 11.7 Å².